The Balaban J connectivity index is 1.47. The molecule has 5 aromatic rings. The lowest BCUT2D eigenvalue weighted by Gasteiger charge is -2.32. The predicted molar refractivity (Wildman–Crippen MR) is 153 cm³/mol. The summed E-state index contributed by atoms with van der Waals surface area (Å²) >= 11 is 0. The molecule has 0 saturated carbocycles. The van der Waals surface area contributed by atoms with Gasteiger partial charge < -0.3 is 9.31 Å². The second-order valence-electron chi connectivity index (χ2n) is 10.4. The van der Waals surface area contributed by atoms with E-state index >= 15 is 0 Å². The first-order valence-electron chi connectivity index (χ1n) is 15.6. The summed E-state index contributed by atoms with van der Waals surface area (Å²) in [5.74, 6) is 0. The molecule has 0 spiro atoms. The van der Waals surface area contributed by atoms with E-state index in [9.17, 15) is 0 Å². The zero-order valence-corrected chi connectivity index (χ0v) is 21.1. The minimum Gasteiger partial charge on any atom is -0.399 e. The maximum atomic E-state index is 8.71. The second kappa shape index (κ2) is 8.33. The van der Waals surface area contributed by atoms with Crippen LogP contribution >= 0.6 is 0 Å². The van der Waals surface area contributed by atoms with Crippen LogP contribution in [0.25, 0.3) is 43.8 Å². The Kier molecular flexibility index (Phi) is 3.79. The predicted octanol–water partition coefficient (Wildman–Crippen LogP) is 7.93. The third kappa shape index (κ3) is 3.84. The largest absolute Gasteiger partial charge is 0.494 e. The number of fused-ring (bicyclic) bond motifs is 2. The van der Waals surface area contributed by atoms with Crippen LogP contribution in [0.4, 0.5) is 0 Å². The maximum absolute atomic E-state index is 8.71. The van der Waals surface area contributed by atoms with Gasteiger partial charge in [-0.15, -0.1) is 0 Å². The molecule has 5 aromatic carbocycles. The molecule has 2 nitrogen and oxygen atoms in total. The fraction of sp³-hybridized carbons (Fsp3) is 0.212. The number of benzene rings is 5. The summed E-state index contributed by atoms with van der Waals surface area (Å²) in [4.78, 5) is 0. The van der Waals surface area contributed by atoms with E-state index in [1.54, 1.807) is 0 Å². The molecule has 0 radical (unpaired) electrons. The van der Waals surface area contributed by atoms with Crippen LogP contribution in [0.1, 0.15) is 42.9 Å². The molecule has 0 atom stereocenters. The molecule has 1 aliphatic heterocycles. The summed E-state index contributed by atoms with van der Waals surface area (Å²) in [5.41, 5.74) is 3.86. The van der Waals surface area contributed by atoms with E-state index in [0.717, 1.165) is 32.9 Å². The highest BCUT2D eigenvalue weighted by Crippen LogP contribution is 2.37. The molecule has 1 aliphatic rings. The molecule has 0 aromatic heterocycles. The van der Waals surface area contributed by atoms with E-state index in [1.165, 1.54) is 0 Å². The van der Waals surface area contributed by atoms with Gasteiger partial charge in [-0.1, -0.05) is 84.8 Å². The van der Waals surface area contributed by atoms with Gasteiger partial charge in [-0.3, -0.25) is 0 Å². The monoisotopic (exact) mass is 477 g/mol. The van der Waals surface area contributed by atoms with E-state index in [2.05, 4.69) is 18.2 Å². The molecule has 0 N–H and O–H groups in total. The molecule has 0 amide bonds. The SMILES string of the molecule is [2H]c1c([2H])c([2H])c2c(-c3ccc4cc(-c5cccc(B6OC(C)(C)C(C)(C)O6)c5)cc(C)c4c3)c([2H])c([2H])c([2H])c2c1[2H]. The lowest BCUT2D eigenvalue weighted by molar-refractivity contribution is 0.00578. The standard InChI is InChI=1S/C33H31BO2/c1-22-18-27(24-12-8-13-28(20-24)34-35-32(2,3)33(4,5)36-34)19-25-16-17-26(21-31(22)25)30-15-9-11-23-10-6-7-14-29(23)30/h6-21H,1-5H3/i6D,7D,9D,10D,11D,14D,15D. The smallest absolute Gasteiger partial charge is 0.399 e. The Morgan fingerprint density at radius 3 is 2.22 bits per heavy atom. The highest BCUT2D eigenvalue weighted by Gasteiger charge is 2.51. The second-order valence-corrected chi connectivity index (χ2v) is 10.4. The van der Waals surface area contributed by atoms with Crippen molar-refractivity contribution in [3.05, 3.63) is 102 Å². The zero-order chi connectivity index (χ0) is 31.2. The van der Waals surface area contributed by atoms with Crippen LogP contribution in [0.15, 0.2) is 96.9 Å². The third-order valence-electron chi connectivity index (χ3n) is 7.51. The first kappa shape index (κ1) is 16.4. The minimum absolute atomic E-state index is 0.0453. The number of hydrogen-bond acceptors (Lipinski definition) is 2. The van der Waals surface area contributed by atoms with Gasteiger partial charge in [0.05, 0.1) is 20.8 Å². The van der Waals surface area contributed by atoms with Crippen molar-refractivity contribution in [3.63, 3.8) is 0 Å². The molecule has 3 heteroatoms. The van der Waals surface area contributed by atoms with Crippen LogP contribution in [0, 0.1) is 6.92 Å². The molecule has 1 saturated heterocycles. The van der Waals surface area contributed by atoms with Crippen molar-refractivity contribution >= 4 is 34.1 Å². The molecule has 0 bridgehead atoms. The van der Waals surface area contributed by atoms with Crippen molar-refractivity contribution in [2.75, 3.05) is 0 Å². The summed E-state index contributed by atoms with van der Waals surface area (Å²) in [6, 6.07) is 15.4. The molecule has 1 heterocycles. The van der Waals surface area contributed by atoms with Crippen LogP contribution in [-0.2, 0) is 9.31 Å². The maximum Gasteiger partial charge on any atom is 0.494 e. The molecule has 1 fully saturated rings. The molecule has 36 heavy (non-hydrogen) atoms. The topological polar surface area (TPSA) is 18.5 Å². The molecule has 178 valence electrons. The Morgan fingerprint density at radius 1 is 0.667 bits per heavy atom. The van der Waals surface area contributed by atoms with Gasteiger partial charge in [-0.25, -0.2) is 0 Å². The van der Waals surface area contributed by atoms with Gasteiger partial charge in [0.1, 0.15) is 0 Å². The van der Waals surface area contributed by atoms with Crippen LogP contribution in [0.5, 0.6) is 0 Å². The molecule has 6 rings (SSSR count). The first-order chi connectivity index (χ1) is 20.1. The van der Waals surface area contributed by atoms with Gasteiger partial charge in [0, 0.05) is 0 Å². The highest BCUT2D eigenvalue weighted by molar-refractivity contribution is 6.62. The van der Waals surface area contributed by atoms with Crippen molar-refractivity contribution < 1.29 is 18.9 Å². The molecular weight excluding hydrogens is 439 g/mol. The summed E-state index contributed by atoms with van der Waals surface area (Å²) < 4.78 is 71.4. The van der Waals surface area contributed by atoms with Crippen LogP contribution < -0.4 is 5.46 Å². The van der Waals surface area contributed by atoms with Crippen LogP contribution in [0.2, 0.25) is 0 Å². The highest BCUT2D eigenvalue weighted by atomic mass is 16.7. The molecule has 0 aliphatic carbocycles. The molecule has 0 unspecified atom stereocenters. The van der Waals surface area contributed by atoms with Gasteiger partial charge in [0.25, 0.3) is 0 Å². The van der Waals surface area contributed by atoms with Gasteiger partial charge in [-0.05, 0) is 102 Å². The average molecular weight is 477 g/mol. The summed E-state index contributed by atoms with van der Waals surface area (Å²) in [6.45, 7) is 10.1. The Morgan fingerprint density at radius 2 is 1.42 bits per heavy atom. The van der Waals surface area contributed by atoms with Crippen LogP contribution in [-0.4, -0.2) is 18.3 Å². The normalized spacial score (nSPS) is 19.4. The van der Waals surface area contributed by atoms with Crippen molar-refractivity contribution in [2.45, 2.75) is 45.8 Å². The lowest BCUT2D eigenvalue weighted by Crippen LogP contribution is -2.41. The Labute approximate surface area is 223 Å². The van der Waals surface area contributed by atoms with E-state index in [1.807, 2.05) is 71.0 Å². The summed E-state index contributed by atoms with van der Waals surface area (Å²) in [7, 11) is -0.471. The van der Waals surface area contributed by atoms with Gasteiger partial charge in [0.15, 0.2) is 0 Å². The fourth-order valence-electron chi connectivity index (χ4n) is 4.74. The van der Waals surface area contributed by atoms with Gasteiger partial charge in [-0.2, -0.15) is 0 Å². The summed E-state index contributed by atoms with van der Waals surface area (Å²) in [6.07, 6.45) is 0. The van der Waals surface area contributed by atoms with Gasteiger partial charge >= 0.3 is 7.12 Å². The van der Waals surface area contributed by atoms with E-state index in [-0.39, 0.29) is 46.5 Å². The first-order valence-corrected chi connectivity index (χ1v) is 12.1. The quantitative estimate of drug-likeness (QED) is 0.246. The Bertz CT molecular complexity index is 1960. The fourth-order valence-corrected chi connectivity index (χ4v) is 4.74. The van der Waals surface area contributed by atoms with Crippen LogP contribution in [0.3, 0.4) is 0 Å². The average Bonchev–Trinajstić information content (AvgIpc) is 3.19. The third-order valence-corrected chi connectivity index (χ3v) is 7.51. The van der Waals surface area contributed by atoms with Crippen molar-refractivity contribution in [2.24, 2.45) is 0 Å². The Hall–Kier alpha value is -3.40. The van der Waals surface area contributed by atoms with E-state index < -0.39 is 30.4 Å². The van der Waals surface area contributed by atoms with E-state index in [0.29, 0.717) is 5.56 Å². The van der Waals surface area contributed by atoms with Crippen molar-refractivity contribution in [3.8, 4) is 22.3 Å². The molecular formula is C33H31BO2. The van der Waals surface area contributed by atoms with Crippen molar-refractivity contribution in [1.29, 1.82) is 0 Å². The number of rotatable bonds is 3. The van der Waals surface area contributed by atoms with Crippen molar-refractivity contribution in [1.82, 2.24) is 0 Å². The summed E-state index contributed by atoms with van der Waals surface area (Å²) in [5, 5.41) is 1.92. The number of hydrogen-bond donors (Lipinski definition) is 0. The lowest BCUT2D eigenvalue weighted by atomic mass is 9.78. The van der Waals surface area contributed by atoms with Gasteiger partial charge in [0.2, 0.25) is 0 Å². The van der Waals surface area contributed by atoms with E-state index in [4.69, 9.17) is 18.9 Å². The number of aryl methyl sites for hydroxylation is 1. The zero-order valence-electron chi connectivity index (χ0n) is 28.1. The minimum atomic E-state index is -0.471.